The Morgan fingerprint density at radius 1 is 1.55 bits per heavy atom. The van der Waals surface area contributed by atoms with Crippen molar-refractivity contribution < 1.29 is 15.0 Å². The Hall–Kier alpha value is -0.410. The summed E-state index contributed by atoms with van der Waals surface area (Å²) in [6.45, 7) is 4.78. The molecule has 0 aliphatic heterocycles. The molecule has 3 nitrogen and oxygen atoms in total. The summed E-state index contributed by atoms with van der Waals surface area (Å²) >= 11 is 0. The zero-order chi connectivity index (χ0) is 9.07. The largest absolute Gasteiger partial charge is 0.390 e. The highest BCUT2D eigenvalue weighted by atomic mass is 16.3. The van der Waals surface area contributed by atoms with Crippen molar-refractivity contribution in [1.82, 2.24) is 0 Å². The van der Waals surface area contributed by atoms with Crippen LogP contribution in [0.1, 0.15) is 33.6 Å². The van der Waals surface area contributed by atoms with Gasteiger partial charge in [0.25, 0.3) is 0 Å². The molecule has 0 saturated carbocycles. The minimum absolute atomic E-state index is 0.259. The van der Waals surface area contributed by atoms with Crippen LogP contribution in [0.2, 0.25) is 0 Å². The monoisotopic (exact) mass is 160 g/mol. The van der Waals surface area contributed by atoms with Crippen LogP contribution >= 0.6 is 0 Å². The maximum absolute atomic E-state index is 11.1. The lowest BCUT2D eigenvalue weighted by Crippen LogP contribution is -2.47. The number of hydrogen-bond donors (Lipinski definition) is 2. The number of rotatable bonds is 4. The predicted octanol–water partition coefficient (Wildman–Crippen LogP) is 0.487. The molecule has 0 aromatic carbocycles. The molecule has 0 spiro atoms. The van der Waals surface area contributed by atoms with Gasteiger partial charge in [-0.15, -0.1) is 0 Å². The van der Waals surface area contributed by atoms with Crippen LogP contribution in [0.5, 0.6) is 0 Å². The maximum Gasteiger partial charge on any atom is 0.166 e. The van der Waals surface area contributed by atoms with Crippen molar-refractivity contribution in [3.63, 3.8) is 0 Å². The first-order valence-electron chi connectivity index (χ1n) is 3.92. The summed E-state index contributed by atoms with van der Waals surface area (Å²) in [6.07, 6.45) is -0.466. The Morgan fingerprint density at radius 3 is 2.09 bits per heavy atom. The van der Waals surface area contributed by atoms with Crippen molar-refractivity contribution in [2.24, 2.45) is 0 Å². The number of carbonyl (C=O) groups is 1. The first kappa shape index (κ1) is 10.6. The smallest absolute Gasteiger partial charge is 0.166 e. The number of aliphatic hydroxyl groups is 2. The molecule has 66 valence electrons. The number of hydrogen-bond acceptors (Lipinski definition) is 3. The molecule has 0 aromatic rings. The third kappa shape index (κ3) is 2.01. The minimum atomic E-state index is -1.53. The van der Waals surface area contributed by atoms with Crippen molar-refractivity contribution in [3.05, 3.63) is 0 Å². The fourth-order valence-corrected chi connectivity index (χ4v) is 1.03. The Morgan fingerprint density at radius 2 is 2.00 bits per heavy atom. The van der Waals surface area contributed by atoms with Gasteiger partial charge in [0.15, 0.2) is 5.78 Å². The third-order valence-electron chi connectivity index (χ3n) is 2.03. The van der Waals surface area contributed by atoms with E-state index in [1.165, 1.54) is 6.92 Å². The Bertz CT molecular complexity index is 142. The summed E-state index contributed by atoms with van der Waals surface area (Å²) in [5.41, 5.74) is -1.53. The zero-order valence-electron chi connectivity index (χ0n) is 7.29. The summed E-state index contributed by atoms with van der Waals surface area (Å²) in [4.78, 5) is 11.1. The first-order valence-corrected chi connectivity index (χ1v) is 3.92. The number of ketones is 1. The van der Waals surface area contributed by atoms with E-state index in [1.807, 2.05) is 0 Å². The van der Waals surface area contributed by atoms with Gasteiger partial charge in [0.1, 0.15) is 5.60 Å². The van der Waals surface area contributed by atoms with Crippen LogP contribution in [0.15, 0.2) is 0 Å². The molecule has 2 N–H and O–H groups in total. The van der Waals surface area contributed by atoms with Gasteiger partial charge in [-0.1, -0.05) is 13.8 Å². The van der Waals surface area contributed by atoms with Crippen LogP contribution in [0.3, 0.4) is 0 Å². The lowest BCUT2D eigenvalue weighted by atomic mass is 9.88. The molecular formula is C8H16O3. The molecule has 0 heterocycles. The first-order chi connectivity index (χ1) is 4.99. The lowest BCUT2D eigenvalue weighted by Gasteiger charge is -2.27. The van der Waals surface area contributed by atoms with Gasteiger partial charge in [-0.2, -0.15) is 0 Å². The molecule has 0 saturated heterocycles. The maximum atomic E-state index is 11.1. The molecule has 0 fully saturated rings. The number of carbonyl (C=O) groups excluding carboxylic acids is 1. The van der Waals surface area contributed by atoms with Crippen LogP contribution in [0.25, 0.3) is 0 Å². The van der Waals surface area contributed by atoms with Crippen molar-refractivity contribution in [3.8, 4) is 0 Å². The molecule has 0 radical (unpaired) electrons. The van der Waals surface area contributed by atoms with Gasteiger partial charge in [-0.3, -0.25) is 4.79 Å². The van der Waals surface area contributed by atoms with Crippen LogP contribution < -0.4 is 0 Å². The number of Topliss-reactive ketones (excluding diaryl/α,β-unsaturated/α-hetero) is 1. The lowest BCUT2D eigenvalue weighted by molar-refractivity contribution is -0.149. The zero-order valence-corrected chi connectivity index (χ0v) is 7.29. The molecule has 0 aliphatic carbocycles. The van der Waals surface area contributed by atoms with Gasteiger partial charge in [0.2, 0.25) is 0 Å². The average molecular weight is 160 g/mol. The Kier molecular flexibility index (Phi) is 3.69. The number of aliphatic hydroxyl groups excluding tert-OH is 1. The second-order valence-electron chi connectivity index (χ2n) is 2.73. The van der Waals surface area contributed by atoms with Gasteiger partial charge in [0, 0.05) is 6.42 Å². The molecule has 2 atom stereocenters. The quantitative estimate of drug-likeness (QED) is 0.629. The summed E-state index contributed by atoms with van der Waals surface area (Å²) in [7, 11) is 0. The topological polar surface area (TPSA) is 57.5 Å². The fraction of sp³-hybridized carbons (Fsp3) is 0.875. The van der Waals surface area contributed by atoms with E-state index in [4.69, 9.17) is 5.11 Å². The van der Waals surface area contributed by atoms with Crippen molar-refractivity contribution in [1.29, 1.82) is 0 Å². The molecule has 0 unspecified atom stereocenters. The molecule has 3 heteroatoms. The van der Waals surface area contributed by atoms with Crippen LogP contribution in [0.4, 0.5) is 0 Å². The Labute approximate surface area is 67.0 Å². The van der Waals surface area contributed by atoms with E-state index >= 15 is 0 Å². The van der Waals surface area contributed by atoms with E-state index in [0.717, 1.165) is 0 Å². The van der Waals surface area contributed by atoms with Crippen LogP contribution in [-0.2, 0) is 4.79 Å². The van der Waals surface area contributed by atoms with Crippen LogP contribution in [0, 0.1) is 0 Å². The fourth-order valence-electron chi connectivity index (χ4n) is 1.03. The van der Waals surface area contributed by atoms with E-state index in [2.05, 4.69) is 0 Å². The molecular weight excluding hydrogens is 144 g/mol. The third-order valence-corrected chi connectivity index (χ3v) is 2.03. The second kappa shape index (κ2) is 3.83. The normalized spacial score (nSPS) is 19.0. The van der Waals surface area contributed by atoms with Crippen molar-refractivity contribution in [2.75, 3.05) is 0 Å². The van der Waals surface area contributed by atoms with E-state index in [0.29, 0.717) is 0 Å². The Balaban J connectivity index is 4.45. The SMILES string of the molecule is CCC(=O)[C@@](O)(CC)[C@H](C)O. The highest BCUT2D eigenvalue weighted by Crippen LogP contribution is 2.17. The molecule has 0 bridgehead atoms. The summed E-state index contributed by atoms with van der Waals surface area (Å²) in [6, 6.07) is 0. The standard InChI is InChI=1S/C8H16O3/c1-4-7(10)8(11,5-2)6(3)9/h6,9,11H,4-5H2,1-3H3/t6-,8+/m0/s1. The minimum Gasteiger partial charge on any atom is -0.390 e. The van der Waals surface area contributed by atoms with E-state index < -0.39 is 11.7 Å². The van der Waals surface area contributed by atoms with Crippen molar-refractivity contribution >= 4 is 5.78 Å². The summed E-state index contributed by atoms with van der Waals surface area (Å²) < 4.78 is 0. The summed E-state index contributed by atoms with van der Waals surface area (Å²) in [5, 5.41) is 18.7. The summed E-state index contributed by atoms with van der Waals surface area (Å²) in [5.74, 6) is -0.296. The average Bonchev–Trinajstić information content (AvgIpc) is 2.01. The van der Waals surface area contributed by atoms with Gasteiger partial charge in [0.05, 0.1) is 6.10 Å². The van der Waals surface area contributed by atoms with E-state index in [-0.39, 0.29) is 18.6 Å². The molecule has 0 amide bonds. The van der Waals surface area contributed by atoms with E-state index in [9.17, 15) is 9.90 Å². The highest BCUT2D eigenvalue weighted by molar-refractivity contribution is 5.87. The van der Waals surface area contributed by atoms with Crippen molar-refractivity contribution in [2.45, 2.75) is 45.3 Å². The predicted molar refractivity (Wildman–Crippen MR) is 42.2 cm³/mol. The van der Waals surface area contributed by atoms with Crippen LogP contribution in [-0.4, -0.2) is 27.7 Å². The van der Waals surface area contributed by atoms with Gasteiger partial charge in [-0.25, -0.2) is 0 Å². The molecule has 0 aliphatic rings. The van der Waals surface area contributed by atoms with Gasteiger partial charge < -0.3 is 10.2 Å². The second-order valence-corrected chi connectivity index (χ2v) is 2.73. The van der Waals surface area contributed by atoms with E-state index in [1.54, 1.807) is 13.8 Å². The van der Waals surface area contributed by atoms with Gasteiger partial charge in [-0.05, 0) is 13.3 Å². The molecule has 0 aromatic heterocycles. The van der Waals surface area contributed by atoms with Gasteiger partial charge >= 0.3 is 0 Å². The molecule has 0 rings (SSSR count). The molecule has 11 heavy (non-hydrogen) atoms. The highest BCUT2D eigenvalue weighted by Gasteiger charge is 2.37.